The van der Waals surface area contributed by atoms with Crippen molar-refractivity contribution in [1.82, 2.24) is 19.7 Å². The lowest BCUT2D eigenvalue weighted by molar-refractivity contribution is 0.0218. The number of likely N-dealkylation sites (N-methyl/N-ethyl adjacent to an activating group) is 1. The van der Waals surface area contributed by atoms with Gasteiger partial charge in [0.05, 0.1) is 0 Å². The van der Waals surface area contributed by atoms with E-state index in [4.69, 9.17) is 14.5 Å². The van der Waals surface area contributed by atoms with E-state index in [1.807, 2.05) is 26.8 Å². The molecule has 1 amide bonds. The van der Waals surface area contributed by atoms with Crippen molar-refractivity contribution in [1.29, 1.82) is 5.26 Å². The number of anilines is 1. The first-order chi connectivity index (χ1) is 19.6. The van der Waals surface area contributed by atoms with Gasteiger partial charge in [0.1, 0.15) is 29.7 Å². The highest BCUT2D eigenvalue weighted by molar-refractivity contribution is 5.69. The van der Waals surface area contributed by atoms with Crippen LogP contribution in [-0.2, 0) is 24.2 Å². The normalized spacial score (nSPS) is 21.9. The summed E-state index contributed by atoms with van der Waals surface area (Å²) in [6, 6.07) is 13.3. The number of hydrogen-bond acceptors (Lipinski definition) is 8. The molecule has 41 heavy (non-hydrogen) atoms. The number of likely N-dealkylation sites (tertiary alicyclic amines) is 1. The van der Waals surface area contributed by atoms with Gasteiger partial charge in [0.15, 0.2) is 0 Å². The summed E-state index contributed by atoms with van der Waals surface area (Å²) in [4.78, 5) is 26.7. The van der Waals surface area contributed by atoms with Crippen molar-refractivity contribution in [3.8, 4) is 11.9 Å². The number of piperazine rings is 1. The van der Waals surface area contributed by atoms with Gasteiger partial charge in [-0.1, -0.05) is 30.3 Å². The summed E-state index contributed by atoms with van der Waals surface area (Å²) in [6.45, 7) is 13.5. The molecule has 0 saturated carbocycles. The van der Waals surface area contributed by atoms with E-state index < -0.39 is 5.60 Å². The number of amides is 1. The third kappa shape index (κ3) is 6.77. The Morgan fingerprint density at radius 2 is 1.90 bits per heavy atom. The average Bonchev–Trinajstić information content (AvgIpc) is 3.35. The molecule has 2 aromatic rings. The van der Waals surface area contributed by atoms with Crippen molar-refractivity contribution in [2.75, 3.05) is 51.3 Å². The second kappa shape index (κ2) is 12.3. The number of nitriles is 1. The molecular weight excluding hydrogens is 516 g/mol. The number of carbonyl (C=O) groups excluding carboxylic acids is 1. The molecule has 1 unspecified atom stereocenters. The summed E-state index contributed by atoms with van der Waals surface area (Å²) in [5, 5.41) is 10.4. The third-order valence-electron chi connectivity index (χ3n) is 8.41. The molecule has 3 aliphatic heterocycles. The molecule has 0 bridgehead atoms. The number of carbonyl (C=O) groups is 1. The number of pyridine rings is 1. The van der Waals surface area contributed by atoms with E-state index in [0.717, 1.165) is 55.8 Å². The van der Waals surface area contributed by atoms with Gasteiger partial charge in [-0.2, -0.15) is 10.2 Å². The predicted octanol–water partition coefficient (Wildman–Crippen LogP) is 4.43. The lowest BCUT2D eigenvalue weighted by Gasteiger charge is -2.42. The number of fused-ring (bicyclic) bond motifs is 1. The van der Waals surface area contributed by atoms with Gasteiger partial charge in [-0.05, 0) is 71.7 Å². The molecule has 0 radical (unpaired) electrons. The standard InChI is InChI=1S/C32H44N6O3/c1-23-19-37(31(39)41-32(2,3)4)16-17-38(23)29-26-13-15-36(20-24-10-7-6-8-11-24)21-28(26)27(18-33)30(34-29)40-22-25-12-9-14-35(25)5/h6-8,10-11,23,25H,9,12-17,19-22H2,1-5H3/t23?,25-/m0/s1. The maximum absolute atomic E-state index is 12.8. The monoisotopic (exact) mass is 560 g/mol. The number of hydrogen-bond donors (Lipinski definition) is 0. The Morgan fingerprint density at radius 3 is 2.56 bits per heavy atom. The van der Waals surface area contributed by atoms with Gasteiger partial charge >= 0.3 is 6.09 Å². The minimum atomic E-state index is -0.531. The van der Waals surface area contributed by atoms with Crippen LogP contribution in [0.3, 0.4) is 0 Å². The average molecular weight is 561 g/mol. The van der Waals surface area contributed by atoms with Crippen molar-refractivity contribution in [2.45, 2.75) is 77.7 Å². The van der Waals surface area contributed by atoms with Crippen molar-refractivity contribution in [3.63, 3.8) is 0 Å². The Bertz CT molecular complexity index is 1270. The quantitative estimate of drug-likeness (QED) is 0.513. The van der Waals surface area contributed by atoms with Gasteiger partial charge in [-0.3, -0.25) is 4.90 Å². The van der Waals surface area contributed by atoms with Gasteiger partial charge < -0.3 is 24.2 Å². The van der Waals surface area contributed by atoms with Gasteiger partial charge in [0.2, 0.25) is 5.88 Å². The van der Waals surface area contributed by atoms with Crippen molar-refractivity contribution in [3.05, 3.63) is 52.6 Å². The molecule has 0 aliphatic carbocycles. The van der Waals surface area contributed by atoms with Crippen LogP contribution in [0.5, 0.6) is 5.88 Å². The van der Waals surface area contributed by atoms with Gasteiger partial charge in [0.25, 0.3) is 0 Å². The minimum Gasteiger partial charge on any atom is -0.475 e. The fourth-order valence-electron chi connectivity index (χ4n) is 6.21. The van der Waals surface area contributed by atoms with E-state index in [-0.39, 0.29) is 12.1 Å². The molecule has 5 rings (SSSR count). The Hall–Kier alpha value is -3.35. The smallest absolute Gasteiger partial charge is 0.410 e. The Balaban J connectivity index is 1.43. The van der Waals surface area contributed by atoms with Gasteiger partial charge in [-0.25, -0.2) is 4.79 Å². The second-order valence-electron chi connectivity index (χ2n) is 12.7. The summed E-state index contributed by atoms with van der Waals surface area (Å²) < 4.78 is 12.0. The summed E-state index contributed by atoms with van der Waals surface area (Å²) in [7, 11) is 2.13. The van der Waals surface area contributed by atoms with Crippen LogP contribution in [-0.4, -0.2) is 89.8 Å². The fraction of sp³-hybridized carbons (Fsp3) is 0.594. The molecule has 1 aromatic heterocycles. The zero-order valence-corrected chi connectivity index (χ0v) is 25.2. The molecule has 220 valence electrons. The van der Waals surface area contributed by atoms with Crippen molar-refractivity contribution < 1.29 is 14.3 Å². The maximum Gasteiger partial charge on any atom is 0.410 e. The lowest BCUT2D eigenvalue weighted by atomic mass is 9.95. The SMILES string of the molecule is CC1CN(C(=O)OC(C)(C)C)CCN1c1nc(OC[C@@H]2CCCN2C)c(C#N)c2c1CCN(Cc1ccccc1)C2. The molecule has 2 atom stereocenters. The van der Waals surface area contributed by atoms with E-state index in [9.17, 15) is 10.1 Å². The summed E-state index contributed by atoms with van der Waals surface area (Å²) in [6.07, 6.45) is 2.78. The zero-order chi connectivity index (χ0) is 29.1. The van der Waals surface area contributed by atoms with Crippen molar-refractivity contribution >= 4 is 11.9 Å². The number of rotatable bonds is 6. The molecule has 1 aromatic carbocycles. The summed E-state index contributed by atoms with van der Waals surface area (Å²) >= 11 is 0. The van der Waals surface area contributed by atoms with Crippen molar-refractivity contribution in [2.24, 2.45) is 0 Å². The predicted molar refractivity (Wildman–Crippen MR) is 159 cm³/mol. The van der Waals surface area contributed by atoms with Crippen LogP contribution in [0.25, 0.3) is 0 Å². The first-order valence-electron chi connectivity index (χ1n) is 14.9. The molecule has 9 nitrogen and oxygen atoms in total. The molecule has 4 heterocycles. The topological polar surface area (TPSA) is 85.2 Å². The summed E-state index contributed by atoms with van der Waals surface area (Å²) in [5.74, 6) is 1.33. The number of benzene rings is 1. The second-order valence-corrected chi connectivity index (χ2v) is 12.7. The van der Waals surface area contributed by atoms with Gasteiger partial charge in [-0.15, -0.1) is 0 Å². The summed E-state index contributed by atoms with van der Waals surface area (Å²) in [5.41, 5.74) is 3.44. The zero-order valence-electron chi connectivity index (χ0n) is 25.2. The molecule has 3 aliphatic rings. The fourth-order valence-corrected chi connectivity index (χ4v) is 6.21. The lowest BCUT2D eigenvalue weighted by Crippen LogP contribution is -2.55. The molecule has 0 spiro atoms. The highest BCUT2D eigenvalue weighted by atomic mass is 16.6. The molecule has 2 fully saturated rings. The highest BCUT2D eigenvalue weighted by Gasteiger charge is 2.35. The Morgan fingerprint density at radius 1 is 1.12 bits per heavy atom. The first kappa shape index (κ1) is 29.2. The third-order valence-corrected chi connectivity index (χ3v) is 8.41. The maximum atomic E-state index is 12.8. The first-order valence-corrected chi connectivity index (χ1v) is 14.9. The number of aromatic nitrogens is 1. The van der Waals surface area contributed by atoms with Crippen LogP contribution >= 0.6 is 0 Å². The van der Waals surface area contributed by atoms with E-state index in [1.165, 1.54) is 5.56 Å². The van der Waals surface area contributed by atoms with E-state index >= 15 is 0 Å². The van der Waals surface area contributed by atoms with E-state index in [1.54, 1.807) is 4.90 Å². The van der Waals surface area contributed by atoms with E-state index in [0.29, 0.717) is 50.3 Å². The largest absolute Gasteiger partial charge is 0.475 e. The Labute approximate surface area is 244 Å². The van der Waals surface area contributed by atoms with Crippen LogP contribution in [0.2, 0.25) is 0 Å². The van der Waals surface area contributed by atoms with Crippen LogP contribution in [0, 0.1) is 11.3 Å². The Kier molecular flexibility index (Phi) is 8.71. The number of nitrogens with zero attached hydrogens (tertiary/aromatic N) is 6. The molecule has 9 heteroatoms. The minimum absolute atomic E-state index is 0.0389. The number of ether oxygens (including phenoxy) is 2. The highest BCUT2D eigenvalue weighted by Crippen LogP contribution is 2.37. The van der Waals surface area contributed by atoms with E-state index in [2.05, 4.69) is 59.0 Å². The van der Waals surface area contributed by atoms with Crippen LogP contribution in [0.1, 0.15) is 62.8 Å². The molecular formula is C32H44N6O3. The van der Waals surface area contributed by atoms with Gasteiger partial charge in [0, 0.05) is 56.9 Å². The van der Waals surface area contributed by atoms with Crippen LogP contribution in [0.4, 0.5) is 10.6 Å². The molecule has 2 saturated heterocycles. The molecule has 0 N–H and O–H groups in total. The van der Waals surface area contributed by atoms with Crippen LogP contribution in [0.15, 0.2) is 30.3 Å². The van der Waals surface area contributed by atoms with Crippen LogP contribution < -0.4 is 9.64 Å².